The third-order valence-electron chi connectivity index (χ3n) is 3.53. The number of nitrogens with zero attached hydrogens (tertiary/aromatic N) is 1. The molecule has 3 rings (SSSR count). The Morgan fingerprint density at radius 1 is 1.27 bits per heavy atom. The van der Waals surface area contributed by atoms with Gasteiger partial charge in [-0.2, -0.15) is 0 Å². The van der Waals surface area contributed by atoms with Crippen molar-refractivity contribution in [3.63, 3.8) is 0 Å². The lowest BCUT2D eigenvalue weighted by Crippen LogP contribution is -2.30. The quantitative estimate of drug-likeness (QED) is 0.612. The number of amides is 1. The van der Waals surface area contributed by atoms with E-state index in [9.17, 15) is 18.4 Å². The Bertz CT molecular complexity index is 939. The third kappa shape index (κ3) is 3.83. The van der Waals surface area contributed by atoms with Gasteiger partial charge in [0.25, 0.3) is 5.91 Å². The van der Waals surface area contributed by atoms with E-state index in [4.69, 9.17) is 21.7 Å². The van der Waals surface area contributed by atoms with Crippen molar-refractivity contribution in [1.29, 1.82) is 0 Å². The molecule has 134 valence electrons. The van der Waals surface area contributed by atoms with Crippen LogP contribution >= 0.6 is 24.0 Å². The van der Waals surface area contributed by atoms with Crippen molar-refractivity contribution in [2.45, 2.75) is 6.42 Å². The Morgan fingerprint density at radius 3 is 2.73 bits per heavy atom. The predicted molar refractivity (Wildman–Crippen MR) is 96.2 cm³/mol. The summed E-state index contributed by atoms with van der Waals surface area (Å²) in [5.41, 5.74) is 0.359. The van der Waals surface area contributed by atoms with Crippen molar-refractivity contribution < 1.29 is 27.9 Å². The van der Waals surface area contributed by atoms with Crippen molar-refractivity contribution in [3.05, 3.63) is 52.6 Å². The number of carbonyl (C=O) groups excluding carboxylic acids is 1. The molecule has 1 saturated heterocycles. The summed E-state index contributed by atoms with van der Waals surface area (Å²) in [5.74, 6) is -2.71. The largest absolute Gasteiger partial charge is 0.481 e. The number of carboxylic acids is 1. The smallest absolute Gasteiger partial charge is 0.305 e. The summed E-state index contributed by atoms with van der Waals surface area (Å²) in [4.78, 5) is 24.5. The molecular weight excluding hydrogens is 384 g/mol. The Balaban J connectivity index is 1.79. The van der Waals surface area contributed by atoms with E-state index in [0.29, 0.717) is 22.0 Å². The molecule has 0 unspecified atom stereocenters. The molecule has 0 bridgehead atoms. The van der Waals surface area contributed by atoms with Gasteiger partial charge in [-0.1, -0.05) is 24.0 Å². The van der Waals surface area contributed by atoms with Crippen LogP contribution in [0.25, 0.3) is 17.4 Å². The lowest BCUT2D eigenvalue weighted by atomic mass is 10.1. The summed E-state index contributed by atoms with van der Waals surface area (Å²) < 4.78 is 32.2. The fourth-order valence-corrected chi connectivity index (χ4v) is 3.55. The van der Waals surface area contributed by atoms with Crippen LogP contribution in [-0.4, -0.2) is 32.7 Å². The van der Waals surface area contributed by atoms with Crippen LogP contribution in [0.5, 0.6) is 0 Å². The van der Waals surface area contributed by atoms with Gasteiger partial charge in [0.05, 0.1) is 11.3 Å². The van der Waals surface area contributed by atoms with E-state index >= 15 is 0 Å². The second-order valence-electron chi connectivity index (χ2n) is 5.31. The minimum absolute atomic E-state index is 0.00436. The number of carbonyl (C=O) groups is 2. The molecular formula is C17H11F2NO4S2. The Hall–Kier alpha value is -2.52. The molecule has 1 fully saturated rings. The van der Waals surface area contributed by atoms with Gasteiger partial charge in [-0.15, -0.1) is 0 Å². The van der Waals surface area contributed by atoms with Crippen LogP contribution in [-0.2, 0) is 9.59 Å². The maximum absolute atomic E-state index is 13.3. The lowest BCUT2D eigenvalue weighted by molar-refractivity contribution is -0.137. The van der Waals surface area contributed by atoms with E-state index in [2.05, 4.69) is 0 Å². The number of hydrogen-bond donors (Lipinski definition) is 1. The zero-order valence-corrected chi connectivity index (χ0v) is 14.7. The Labute approximate surface area is 156 Å². The monoisotopic (exact) mass is 395 g/mol. The lowest BCUT2D eigenvalue weighted by Gasteiger charge is -2.12. The number of thiocarbonyl (C=S) groups is 1. The number of halogens is 2. The van der Waals surface area contributed by atoms with Crippen LogP contribution in [0.2, 0.25) is 0 Å². The summed E-state index contributed by atoms with van der Waals surface area (Å²) in [5, 5.41) is 8.73. The van der Waals surface area contributed by atoms with E-state index in [0.717, 1.165) is 23.9 Å². The number of hydrogen-bond acceptors (Lipinski definition) is 5. The number of thioether (sulfide) groups is 1. The van der Waals surface area contributed by atoms with Crippen LogP contribution in [0.15, 0.2) is 39.7 Å². The topological polar surface area (TPSA) is 70.8 Å². The van der Waals surface area contributed by atoms with Crippen LogP contribution in [0, 0.1) is 11.6 Å². The molecule has 0 spiro atoms. The Kier molecular flexibility index (Phi) is 5.19. The van der Waals surface area contributed by atoms with E-state index in [1.165, 1.54) is 17.0 Å². The molecule has 1 aliphatic heterocycles. The fraction of sp³-hybridized carbons (Fsp3) is 0.118. The summed E-state index contributed by atoms with van der Waals surface area (Å²) in [6.45, 7) is -0.00436. The molecule has 26 heavy (non-hydrogen) atoms. The van der Waals surface area contributed by atoms with E-state index in [1.807, 2.05) is 0 Å². The van der Waals surface area contributed by atoms with Crippen LogP contribution in [0.1, 0.15) is 12.2 Å². The molecule has 0 aliphatic carbocycles. The van der Waals surface area contributed by atoms with Gasteiger partial charge in [-0.05, 0) is 30.3 Å². The van der Waals surface area contributed by atoms with Crippen LogP contribution in [0.4, 0.5) is 8.78 Å². The molecule has 0 atom stereocenters. The molecule has 5 nitrogen and oxygen atoms in total. The predicted octanol–water partition coefficient (Wildman–Crippen LogP) is 3.90. The molecule has 9 heteroatoms. The van der Waals surface area contributed by atoms with Crippen molar-refractivity contribution in [2.75, 3.05) is 6.54 Å². The Morgan fingerprint density at radius 2 is 2.04 bits per heavy atom. The first-order valence-corrected chi connectivity index (χ1v) is 8.60. The van der Waals surface area contributed by atoms with Gasteiger partial charge in [-0.3, -0.25) is 14.5 Å². The molecule has 2 heterocycles. The number of aliphatic carboxylic acids is 1. The van der Waals surface area contributed by atoms with Gasteiger partial charge >= 0.3 is 5.97 Å². The van der Waals surface area contributed by atoms with Crippen molar-refractivity contribution >= 4 is 46.3 Å². The zero-order valence-electron chi connectivity index (χ0n) is 13.1. The third-order valence-corrected chi connectivity index (χ3v) is 4.90. The molecule has 1 aromatic heterocycles. The second kappa shape index (κ2) is 7.38. The van der Waals surface area contributed by atoms with Gasteiger partial charge in [0.1, 0.15) is 15.8 Å². The van der Waals surface area contributed by atoms with Crippen molar-refractivity contribution in [3.8, 4) is 11.3 Å². The van der Waals surface area contributed by atoms with Crippen molar-refractivity contribution in [1.82, 2.24) is 4.90 Å². The molecule has 2 aromatic rings. The van der Waals surface area contributed by atoms with Crippen molar-refractivity contribution in [2.24, 2.45) is 0 Å². The van der Waals surface area contributed by atoms with Gasteiger partial charge in [0.2, 0.25) is 0 Å². The highest BCUT2D eigenvalue weighted by Gasteiger charge is 2.32. The number of furan rings is 1. The highest BCUT2D eigenvalue weighted by molar-refractivity contribution is 8.26. The summed E-state index contributed by atoms with van der Waals surface area (Å²) in [6.07, 6.45) is 1.27. The normalized spacial score (nSPS) is 15.9. The minimum atomic E-state index is -1.02. The number of rotatable bonds is 5. The SMILES string of the molecule is O=C(O)CCN1C(=O)C(=Cc2ccc(-c3ccc(F)c(F)c3)o2)SC1=S. The van der Waals surface area contributed by atoms with E-state index in [-0.39, 0.29) is 17.3 Å². The molecule has 1 N–H and O–H groups in total. The highest BCUT2D eigenvalue weighted by Crippen LogP contribution is 2.33. The molecule has 0 radical (unpaired) electrons. The summed E-state index contributed by atoms with van der Waals surface area (Å²) in [6, 6.07) is 6.56. The first-order chi connectivity index (χ1) is 12.3. The standard InChI is InChI=1S/C17H11F2NO4S2/c18-11-3-1-9(7-12(11)19)13-4-2-10(24-13)8-14-16(23)20(17(25)26-14)6-5-15(21)22/h1-4,7-8H,5-6H2,(H,21,22). The van der Waals surface area contributed by atoms with Crippen LogP contribution < -0.4 is 0 Å². The average Bonchev–Trinajstić information content (AvgIpc) is 3.14. The van der Waals surface area contributed by atoms with Gasteiger partial charge in [0, 0.05) is 18.2 Å². The fourth-order valence-electron chi connectivity index (χ4n) is 2.26. The van der Waals surface area contributed by atoms with Gasteiger partial charge in [0.15, 0.2) is 11.6 Å². The first-order valence-electron chi connectivity index (χ1n) is 7.37. The number of benzene rings is 1. The average molecular weight is 395 g/mol. The molecule has 1 aliphatic rings. The van der Waals surface area contributed by atoms with Gasteiger partial charge in [-0.25, -0.2) is 8.78 Å². The maximum Gasteiger partial charge on any atom is 0.305 e. The minimum Gasteiger partial charge on any atom is -0.481 e. The zero-order chi connectivity index (χ0) is 18.8. The maximum atomic E-state index is 13.3. The number of carboxylic acid groups (broad SMARTS) is 1. The summed E-state index contributed by atoms with van der Waals surface area (Å²) in [7, 11) is 0. The van der Waals surface area contributed by atoms with E-state index in [1.54, 1.807) is 12.1 Å². The van der Waals surface area contributed by atoms with Crippen LogP contribution in [0.3, 0.4) is 0 Å². The molecule has 0 saturated carbocycles. The molecule has 1 amide bonds. The summed E-state index contributed by atoms with van der Waals surface area (Å²) >= 11 is 6.14. The highest BCUT2D eigenvalue weighted by atomic mass is 32.2. The first kappa shape index (κ1) is 18.3. The molecule has 1 aromatic carbocycles. The van der Waals surface area contributed by atoms with Gasteiger partial charge < -0.3 is 9.52 Å². The van der Waals surface area contributed by atoms with E-state index < -0.39 is 23.5 Å². The second-order valence-corrected chi connectivity index (χ2v) is 6.98.